The van der Waals surface area contributed by atoms with Crippen LogP contribution in [0.5, 0.6) is 17.2 Å². The van der Waals surface area contributed by atoms with E-state index in [2.05, 4.69) is 50.5 Å². The van der Waals surface area contributed by atoms with Gasteiger partial charge >= 0.3 is 11.9 Å². The van der Waals surface area contributed by atoms with E-state index in [1.54, 1.807) is 17.0 Å². The molecule has 19 heteroatoms. The number of aromatic hydroxyl groups is 1. The molecule has 2 aromatic carbocycles. The summed E-state index contributed by atoms with van der Waals surface area (Å²) in [5, 5.41) is 14.8. The molecule has 2 fully saturated rings. The zero-order chi connectivity index (χ0) is 37.4. The molecule has 2 aromatic rings. The van der Waals surface area contributed by atoms with Crippen molar-refractivity contribution in [3.05, 3.63) is 44.1 Å². The molecular weight excluding hydrogens is 1120 g/mol. The summed E-state index contributed by atoms with van der Waals surface area (Å²) in [5.74, 6) is -2.35. The average Bonchev–Trinajstić information content (AvgIpc) is 3.41. The number of benzene rings is 2. The van der Waals surface area contributed by atoms with Crippen molar-refractivity contribution in [2.24, 2.45) is 0 Å². The normalized spacial score (nSPS) is 16.3. The largest absolute Gasteiger partial charge is 0.506 e. The first kappa shape index (κ1) is 41.2. The molecule has 3 N–H and O–H groups in total. The van der Waals surface area contributed by atoms with Crippen molar-refractivity contribution >= 4 is 132 Å². The lowest BCUT2D eigenvalue weighted by molar-refractivity contribution is -0.155. The van der Waals surface area contributed by atoms with Gasteiger partial charge in [-0.3, -0.25) is 34.1 Å². The summed E-state index contributed by atoms with van der Waals surface area (Å²) in [6.45, 7) is 0.970. The maximum absolute atomic E-state index is 12.9. The number of ether oxygens (including phenoxy) is 3. The molecule has 2 aliphatic rings. The Balaban J connectivity index is 1.23. The summed E-state index contributed by atoms with van der Waals surface area (Å²) in [6.07, 6.45) is -1.95. The topological polar surface area (TPSA) is 198 Å². The third-order valence-electron chi connectivity index (χ3n) is 7.82. The molecule has 51 heavy (non-hydrogen) atoms. The Labute approximate surface area is 347 Å². The number of nitrogens with one attached hydrogen (secondary N) is 2. The molecule has 5 amide bonds. The average molecular weight is 1160 g/mol. The SMILES string of the molecule is COC(=O)[C@H](Cc1cc(I)c(Oc2cc(I)c(O)c(I)c2)c(I)c1)NC(=O)CCC(=O)N1CCN(C(=O)CCC(=O)OC2CC(=O)NC2=O)CC1. The van der Waals surface area contributed by atoms with Crippen molar-refractivity contribution in [1.29, 1.82) is 0 Å². The minimum absolute atomic E-state index is 0.103. The van der Waals surface area contributed by atoms with Crippen molar-refractivity contribution in [3.63, 3.8) is 0 Å². The van der Waals surface area contributed by atoms with Gasteiger partial charge in [-0.2, -0.15) is 0 Å². The van der Waals surface area contributed by atoms with Crippen LogP contribution in [-0.2, 0) is 49.5 Å². The summed E-state index contributed by atoms with van der Waals surface area (Å²) in [7, 11) is 1.23. The number of carbonyl (C=O) groups is 7. The Kier molecular flexibility index (Phi) is 15.3. The number of halogens is 4. The molecule has 2 heterocycles. The standard InChI is InChI=1S/C32H32I4N4O11/c1-49-32(48)22(12-16-10-20(35)30(21(36)11-16)50-17-13-18(33)29(46)19(34)14-17)37-24(41)2-3-26(43)39-6-8-40(9-7-39)27(44)4-5-28(45)51-23-15-25(42)38-31(23)47/h10-11,13-14,22-23,46H,2-9,12,15H2,1H3,(H,37,41)(H,38,42,47)/t22-,23?/m0/s1. The van der Waals surface area contributed by atoms with Gasteiger partial charge in [0, 0.05) is 51.9 Å². The van der Waals surface area contributed by atoms with E-state index in [4.69, 9.17) is 14.2 Å². The molecule has 0 aliphatic carbocycles. The molecule has 274 valence electrons. The number of amides is 5. The number of carbonyl (C=O) groups excluding carboxylic acids is 7. The van der Waals surface area contributed by atoms with Crippen LogP contribution in [0.15, 0.2) is 24.3 Å². The van der Waals surface area contributed by atoms with Gasteiger partial charge in [0.25, 0.3) is 5.91 Å². The number of phenolic OH excluding ortho intramolecular Hbond substituents is 1. The van der Waals surface area contributed by atoms with E-state index in [-0.39, 0.29) is 82.3 Å². The molecule has 2 saturated heterocycles. The third-order valence-corrected chi connectivity index (χ3v) is 11.1. The van der Waals surface area contributed by atoms with Gasteiger partial charge in [-0.25, -0.2) is 4.79 Å². The van der Waals surface area contributed by atoms with Crippen LogP contribution in [0, 0.1) is 14.3 Å². The smallest absolute Gasteiger partial charge is 0.328 e. The lowest BCUT2D eigenvalue weighted by atomic mass is 10.1. The van der Waals surface area contributed by atoms with E-state index >= 15 is 0 Å². The molecule has 0 aromatic heterocycles. The van der Waals surface area contributed by atoms with Crippen LogP contribution in [0.2, 0.25) is 0 Å². The summed E-state index contributed by atoms with van der Waals surface area (Å²) >= 11 is 8.33. The van der Waals surface area contributed by atoms with Crippen molar-refractivity contribution in [3.8, 4) is 17.2 Å². The lowest BCUT2D eigenvalue weighted by Crippen LogP contribution is -2.51. The zero-order valence-electron chi connectivity index (χ0n) is 27.0. The van der Waals surface area contributed by atoms with Crippen LogP contribution in [0.25, 0.3) is 0 Å². The maximum atomic E-state index is 12.9. The quantitative estimate of drug-likeness (QED) is 0.152. The number of methoxy groups -OCH3 is 1. The van der Waals surface area contributed by atoms with E-state index in [1.165, 1.54) is 12.0 Å². The maximum Gasteiger partial charge on any atom is 0.328 e. The molecule has 4 rings (SSSR count). The highest BCUT2D eigenvalue weighted by Gasteiger charge is 2.34. The predicted octanol–water partition coefficient (Wildman–Crippen LogP) is 2.99. The Bertz CT molecular complexity index is 1690. The van der Waals surface area contributed by atoms with Gasteiger partial charge in [-0.1, -0.05) is 0 Å². The number of hydrogen-bond donors (Lipinski definition) is 3. The van der Waals surface area contributed by atoms with Gasteiger partial charge in [0.05, 0.1) is 34.2 Å². The summed E-state index contributed by atoms with van der Waals surface area (Å²) in [4.78, 5) is 88.9. The Morgan fingerprint density at radius 2 is 1.41 bits per heavy atom. The number of nitrogens with zero attached hydrogens (tertiary/aromatic N) is 2. The molecule has 0 radical (unpaired) electrons. The van der Waals surface area contributed by atoms with Crippen LogP contribution in [0.1, 0.15) is 37.7 Å². The van der Waals surface area contributed by atoms with Gasteiger partial charge in [-0.15, -0.1) is 0 Å². The van der Waals surface area contributed by atoms with E-state index in [1.807, 2.05) is 62.6 Å². The number of imide groups is 1. The van der Waals surface area contributed by atoms with Crippen molar-refractivity contribution in [2.45, 2.75) is 50.7 Å². The van der Waals surface area contributed by atoms with E-state index < -0.39 is 41.8 Å². The Morgan fingerprint density at radius 3 is 1.92 bits per heavy atom. The van der Waals surface area contributed by atoms with Crippen LogP contribution in [0.4, 0.5) is 0 Å². The van der Waals surface area contributed by atoms with Crippen molar-refractivity contribution in [1.82, 2.24) is 20.4 Å². The summed E-state index contributed by atoms with van der Waals surface area (Å²) in [6, 6.07) is 6.14. The Hall–Kier alpha value is -2.55. The second-order valence-electron chi connectivity index (χ2n) is 11.4. The molecule has 1 unspecified atom stereocenters. The lowest BCUT2D eigenvalue weighted by Gasteiger charge is -2.35. The highest BCUT2D eigenvalue weighted by Crippen LogP contribution is 2.37. The number of hydrogen-bond acceptors (Lipinski definition) is 11. The molecule has 0 saturated carbocycles. The fourth-order valence-electron chi connectivity index (χ4n) is 5.18. The number of esters is 2. The van der Waals surface area contributed by atoms with Crippen molar-refractivity contribution in [2.75, 3.05) is 33.3 Å². The first-order valence-electron chi connectivity index (χ1n) is 15.4. The van der Waals surface area contributed by atoms with Gasteiger partial charge in [0.2, 0.25) is 23.6 Å². The predicted molar refractivity (Wildman–Crippen MR) is 212 cm³/mol. The second-order valence-corrected chi connectivity index (χ2v) is 16.1. The third kappa shape index (κ3) is 11.7. The highest BCUT2D eigenvalue weighted by molar-refractivity contribution is 14.1. The fourth-order valence-corrected chi connectivity index (χ4v) is 9.01. The highest BCUT2D eigenvalue weighted by atomic mass is 127. The molecule has 0 bridgehead atoms. The van der Waals surface area contributed by atoms with Gasteiger partial charge in [0.1, 0.15) is 17.5 Å². The van der Waals surface area contributed by atoms with Crippen LogP contribution >= 0.6 is 90.4 Å². The van der Waals surface area contributed by atoms with Gasteiger partial charge < -0.3 is 34.4 Å². The fraction of sp³-hybridized carbons (Fsp3) is 0.406. The zero-order valence-corrected chi connectivity index (χ0v) is 35.6. The minimum Gasteiger partial charge on any atom is -0.506 e. The molecular formula is C32H32I4N4O11. The van der Waals surface area contributed by atoms with Crippen molar-refractivity contribution < 1.29 is 52.9 Å². The summed E-state index contributed by atoms with van der Waals surface area (Å²) < 4.78 is 18.9. The monoisotopic (exact) mass is 1160 g/mol. The molecule has 2 atom stereocenters. The van der Waals surface area contributed by atoms with Gasteiger partial charge in [-0.05, 0) is 120 Å². The van der Waals surface area contributed by atoms with Crippen LogP contribution < -0.4 is 15.4 Å². The number of phenols is 1. The minimum atomic E-state index is -1.18. The number of piperazine rings is 1. The first-order chi connectivity index (χ1) is 24.1. The first-order valence-corrected chi connectivity index (χ1v) is 19.8. The molecule has 2 aliphatic heterocycles. The Morgan fingerprint density at radius 1 is 0.863 bits per heavy atom. The molecule has 0 spiro atoms. The number of rotatable bonds is 13. The van der Waals surface area contributed by atoms with Crippen LogP contribution in [0.3, 0.4) is 0 Å². The van der Waals surface area contributed by atoms with E-state index in [0.717, 1.165) is 12.7 Å². The molecule has 15 nitrogen and oxygen atoms in total. The van der Waals surface area contributed by atoms with Crippen LogP contribution in [-0.4, -0.2) is 102 Å². The van der Waals surface area contributed by atoms with E-state index in [0.29, 0.717) is 18.6 Å². The van der Waals surface area contributed by atoms with Gasteiger partial charge in [0.15, 0.2) is 11.9 Å². The second kappa shape index (κ2) is 19.0. The summed E-state index contributed by atoms with van der Waals surface area (Å²) in [5.41, 5.74) is 0.750. The van der Waals surface area contributed by atoms with E-state index in [9.17, 15) is 38.7 Å².